The number of nitrogens with zero attached hydrogens (tertiary/aromatic N) is 2. The van der Waals surface area contributed by atoms with Crippen LogP contribution in [-0.4, -0.2) is 28.1 Å². The van der Waals surface area contributed by atoms with E-state index in [1.807, 2.05) is 37.4 Å². The first kappa shape index (κ1) is 20.5. The van der Waals surface area contributed by atoms with E-state index in [0.717, 1.165) is 53.8 Å². The number of carbonyl (C=O) groups is 1. The van der Waals surface area contributed by atoms with Gasteiger partial charge >= 0.3 is 0 Å². The molecule has 0 saturated carbocycles. The van der Waals surface area contributed by atoms with Crippen LogP contribution in [0.3, 0.4) is 0 Å². The van der Waals surface area contributed by atoms with Crippen molar-refractivity contribution >= 4 is 22.4 Å². The Kier molecular flexibility index (Phi) is 5.56. The molecule has 1 unspecified atom stereocenters. The summed E-state index contributed by atoms with van der Waals surface area (Å²) in [5.41, 5.74) is 4.40. The van der Waals surface area contributed by atoms with E-state index >= 15 is 0 Å². The van der Waals surface area contributed by atoms with E-state index in [4.69, 9.17) is 9.72 Å². The number of rotatable bonds is 4. The van der Waals surface area contributed by atoms with Crippen LogP contribution >= 0.6 is 0 Å². The molecule has 1 aliphatic rings. The van der Waals surface area contributed by atoms with Crippen LogP contribution in [0.5, 0.6) is 0 Å². The number of aromatic nitrogens is 2. The van der Waals surface area contributed by atoms with Crippen LogP contribution in [0, 0.1) is 19.8 Å². The molecule has 4 rings (SSSR count). The molecule has 0 bridgehead atoms. The first-order valence-electron chi connectivity index (χ1n) is 10.6. The molecular weight excluding hydrogens is 374 g/mol. The van der Waals surface area contributed by atoms with Crippen molar-refractivity contribution in [3.63, 3.8) is 0 Å². The van der Waals surface area contributed by atoms with Crippen molar-refractivity contribution in [2.75, 3.05) is 11.9 Å². The van der Waals surface area contributed by atoms with Gasteiger partial charge in [-0.05, 0) is 93.7 Å². The fourth-order valence-corrected chi connectivity index (χ4v) is 4.44. The van der Waals surface area contributed by atoms with Crippen molar-refractivity contribution in [1.82, 2.24) is 9.97 Å². The summed E-state index contributed by atoms with van der Waals surface area (Å²) >= 11 is 0. The minimum absolute atomic E-state index is 0.0655. The molecule has 5 nitrogen and oxygen atoms in total. The normalized spacial score (nSPS) is 18.3. The second kappa shape index (κ2) is 8.15. The van der Waals surface area contributed by atoms with E-state index < -0.39 is 0 Å². The molecule has 3 aromatic rings. The van der Waals surface area contributed by atoms with E-state index in [1.165, 1.54) is 5.39 Å². The molecule has 1 fully saturated rings. The average molecular weight is 404 g/mol. The Labute approximate surface area is 177 Å². The smallest absolute Gasteiger partial charge is 0.274 e. The van der Waals surface area contributed by atoms with Crippen LogP contribution in [0.15, 0.2) is 42.7 Å². The van der Waals surface area contributed by atoms with Gasteiger partial charge in [0.1, 0.15) is 5.69 Å². The quantitative estimate of drug-likeness (QED) is 0.646. The minimum Gasteiger partial charge on any atom is -0.376 e. The van der Waals surface area contributed by atoms with Crippen LogP contribution in [0.25, 0.3) is 10.8 Å². The number of hydrogen-bond acceptors (Lipinski definition) is 4. The Hall–Kier alpha value is -2.79. The zero-order valence-electron chi connectivity index (χ0n) is 18.2. The number of nitrogens with one attached hydrogen (secondary N) is 1. The average Bonchev–Trinajstić information content (AvgIpc) is 2.67. The third kappa shape index (κ3) is 4.51. The van der Waals surface area contributed by atoms with Gasteiger partial charge in [-0.15, -0.1) is 0 Å². The number of aryl methyl sites for hydroxylation is 2. The second-order valence-corrected chi connectivity index (χ2v) is 8.99. The van der Waals surface area contributed by atoms with Crippen LogP contribution in [-0.2, 0) is 11.2 Å². The molecule has 1 atom stereocenters. The topological polar surface area (TPSA) is 64.1 Å². The van der Waals surface area contributed by atoms with Crippen LogP contribution < -0.4 is 5.32 Å². The first-order valence-corrected chi connectivity index (χ1v) is 10.6. The number of hydrogen-bond donors (Lipinski definition) is 1. The largest absolute Gasteiger partial charge is 0.376 e. The molecule has 156 valence electrons. The van der Waals surface area contributed by atoms with Gasteiger partial charge in [0.25, 0.3) is 5.91 Å². The molecule has 0 spiro atoms. The van der Waals surface area contributed by atoms with E-state index in [0.29, 0.717) is 11.6 Å². The zero-order valence-corrected chi connectivity index (χ0v) is 18.2. The number of ether oxygens (including phenoxy) is 1. The third-order valence-corrected chi connectivity index (χ3v) is 5.82. The Balaban J connectivity index is 1.58. The number of amides is 1. The van der Waals surface area contributed by atoms with Crippen LogP contribution in [0.2, 0.25) is 0 Å². The molecule has 3 heterocycles. The fraction of sp³-hybridized carbons (Fsp3) is 0.400. The summed E-state index contributed by atoms with van der Waals surface area (Å²) in [6, 6.07) is 9.69. The van der Waals surface area contributed by atoms with Crippen molar-refractivity contribution in [1.29, 1.82) is 0 Å². The summed E-state index contributed by atoms with van der Waals surface area (Å²) in [4.78, 5) is 21.5. The maximum atomic E-state index is 12.6. The summed E-state index contributed by atoms with van der Waals surface area (Å²) in [5.74, 6) is 0.366. The van der Waals surface area contributed by atoms with Gasteiger partial charge in [-0.3, -0.25) is 14.8 Å². The van der Waals surface area contributed by atoms with E-state index in [2.05, 4.69) is 31.1 Å². The molecule has 0 radical (unpaired) electrons. The molecule has 1 saturated heterocycles. The third-order valence-electron chi connectivity index (χ3n) is 5.82. The number of fused-ring (bicyclic) bond motifs is 1. The summed E-state index contributed by atoms with van der Waals surface area (Å²) in [6.07, 6.45) is 6.63. The fourth-order valence-electron chi connectivity index (χ4n) is 4.44. The second-order valence-electron chi connectivity index (χ2n) is 8.99. The van der Waals surface area contributed by atoms with Crippen molar-refractivity contribution in [3.05, 3.63) is 65.2 Å². The van der Waals surface area contributed by atoms with Gasteiger partial charge in [0, 0.05) is 35.8 Å². The highest BCUT2D eigenvalue weighted by Crippen LogP contribution is 2.33. The molecule has 30 heavy (non-hydrogen) atoms. The molecule has 1 amide bonds. The monoisotopic (exact) mass is 403 g/mol. The lowest BCUT2D eigenvalue weighted by molar-refractivity contribution is -0.0721. The minimum atomic E-state index is -0.201. The lowest BCUT2D eigenvalue weighted by atomic mass is 9.84. The summed E-state index contributed by atoms with van der Waals surface area (Å²) < 4.78 is 5.87. The number of benzene rings is 1. The van der Waals surface area contributed by atoms with E-state index in [-0.39, 0.29) is 11.5 Å². The highest BCUT2D eigenvalue weighted by atomic mass is 16.5. The predicted molar refractivity (Wildman–Crippen MR) is 120 cm³/mol. The van der Waals surface area contributed by atoms with Gasteiger partial charge in [-0.2, -0.15) is 0 Å². The van der Waals surface area contributed by atoms with Crippen LogP contribution in [0.4, 0.5) is 5.69 Å². The predicted octanol–water partition coefficient (Wildman–Crippen LogP) is 5.25. The van der Waals surface area contributed by atoms with Crippen LogP contribution in [0.1, 0.15) is 54.0 Å². The molecule has 5 heteroatoms. The van der Waals surface area contributed by atoms with E-state index in [1.54, 1.807) is 12.3 Å². The van der Waals surface area contributed by atoms with Gasteiger partial charge in [-0.1, -0.05) is 6.07 Å². The molecule has 1 aromatic carbocycles. The Morgan fingerprint density at radius 3 is 2.77 bits per heavy atom. The van der Waals surface area contributed by atoms with E-state index in [9.17, 15) is 4.79 Å². The highest BCUT2D eigenvalue weighted by Gasteiger charge is 2.29. The molecule has 0 aliphatic carbocycles. The van der Waals surface area contributed by atoms with Gasteiger partial charge in [0.2, 0.25) is 0 Å². The number of pyridine rings is 2. The van der Waals surface area contributed by atoms with Crippen molar-refractivity contribution < 1.29 is 9.53 Å². The summed E-state index contributed by atoms with van der Waals surface area (Å²) in [6.45, 7) is 9.18. The van der Waals surface area contributed by atoms with Crippen molar-refractivity contribution in [3.8, 4) is 0 Å². The maximum absolute atomic E-state index is 12.6. The number of carbonyl (C=O) groups excluding carboxylic acids is 1. The number of anilines is 1. The van der Waals surface area contributed by atoms with Gasteiger partial charge in [0.05, 0.1) is 5.60 Å². The molecule has 1 N–H and O–H groups in total. The lowest BCUT2D eigenvalue weighted by Gasteiger charge is -2.35. The SMILES string of the molecule is Cc1ccc(C(=O)Nc2cc(C)c3c(CC4CCOC(C)(C)C4)nccc3c2)nc1. The Morgan fingerprint density at radius 2 is 2.03 bits per heavy atom. The summed E-state index contributed by atoms with van der Waals surface area (Å²) in [5, 5.41) is 5.27. The van der Waals surface area contributed by atoms with Crippen molar-refractivity contribution in [2.24, 2.45) is 5.92 Å². The standard InChI is InChI=1S/C25H29N3O2/c1-16-5-6-21(27-15-16)24(29)28-20-11-17(2)23-19(13-20)7-9-26-22(23)12-18-8-10-30-25(3,4)14-18/h5-7,9,11,13,15,18H,8,10,12,14H2,1-4H3,(H,28,29). The van der Waals surface area contributed by atoms with Gasteiger partial charge in [-0.25, -0.2) is 0 Å². The molecular formula is C25H29N3O2. The van der Waals surface area contributed by atoms with Gasteiger partial charge in [0.15, 0.2) is 0 Å². The highest BCUT2D eigenvalue weighted by molar-refractivity contribution is 6.04. The first-order chi connectivity index (χ1) is 14.3. The van der Waals surface area contributed by atoms with Gasteiger partial charge < -0.3 is 10.1 Å². The maximum Gasteiger partial charge on any atom is 0.274 e. The lowest BCUT2D eigenvalue weighted by Crippen LogP contribution is -2.34. The molecule has 1 aliphatic heterocycles. The summed E-state index contributed by atoms with van der Waals surface area (Å²) in [7, 11) is 0. The Bertz CT molecular complexity index is 1070. The molecule has 2 aromatic heterocycles. The Morgan fingerprint density at radius 1 is 1.20 bits per heavy atom. The zero-order chi connectivity index (χ0) is 21.3. The van der Waals surface area contributed by atoms with Crippen molar-refractivity contribution in [2.45, 2.75) is 52.6 Å².